The highest BCUT2D eigenvalue weighted by Crippen LogP contribution is 2.08. The van der Waals surface area contributed by atoms with Crippen LogP contribution in [0.1, 0.15) is 33.1 Å². The van der Waals surface area contributed by atoms with Gasteiger partial charge in [-0.2, -0.15) is 0 Å². The fraction of sp³-hybridized carbons (Fsp3) is 0.636. The molecule has 1 aromatic heterocycles. The Morgan fingerprint density at radius 1 is 1.21 bits per heavy atom. The molecule has 0 unspecified atom stereocenters. The van der Waals surface area contributed by atoms with Crippen LogP contribution in [0.2, 0.25) is 0 Å². The number of rotatable bonds is 6. The third-order valence-corrected chi connectivity index (χ3v) is 2.08. The van der Waals surface area contributed by atoms with E-state index in [2.05, 4.69) is 34.9 Å². The van der Waals surface area contributed by atoms with Crippen molar-refractivity contribution in [2.75, 3.05) is 18.0 Å². The molecule has 3 heteroatoms. The van der Waals surface area contributed by atoms with E-state index in [9.17, 15) is 0 Å². The summed E-state index contributed by atoms with van der Waals surface area (Å²) in [5, 5.41) is 0. The van der Waals surface area contributed by atoms with Crippen molar-refractivity contribution in [3.05, 3.63) is 18.6 Å². The number of unbranched alkanes of at least 4 members (excludes halogenated alkanes) is 1. The lowest BCUT2D eigenvalue weighted by molar-refractivity contribution is 0.694. The number of anilines is 1. The van der Waals surface area contributed by atoms with Crippen molar-refractivity contribution in [2.45, 2.75) is 33.1 Å². The van der Waals surface area contributed by atoms with Gasteiger partial charge in [0.2, 0.25) is 0 Å². The maximum absolute atomic E-state index is 4.26. The summed E-state index contributed by atoms with van der Waals surface area (Å²) in [6.45, 7) is 6.47. The van der Waals surface area contributed by atoms with Gasteiger partial charge in [0.15, 0.2) is 5.82 Å². The van der Waals surface area contributed by atoms with Crippen molar-refractivity contribution in [1.29, 1.82) is 0 Å². The van der Waals surface area contributed by atoms with Gasteiger partial charge < -0.3 is 4.90 Å². The van der Waals surface area contributed by atoms with Gasteiger partial charge in [-0.1, -0.05) is 20.3 Å². The van der Waals surface area contributed by atoms with Gasteiger partial charge in [-0.3, -0.25) is 0 Å². The van der Waals surface area contributed by atoms with E-state index in [0.717, 1.165) is 25.3 Å². The van der Waals surface area contributed by atoms with Crippen LogP contribution in [0, 0.1) is 6.20 Å². The molecule has 1 aromatic rings. The first kappa shape index (κ1) is 11.0. The van der Waals surface area contributed by atoms with Gasteiger partial charge in [0.05, 0.1) is 0 Å². The van der Waals surface area contributed by atoms with E-state index in [0.29, 0.717) is 0 Å². The highest BCUT2D eigenvalue weighted by molar-refractivity contribution is 5.33. The summed E-state index contributed by atoms with van der Waals surface area (Å²) in [6, 6.07) is 0. The summed E-state index contributed by atoms with van der Waals surface area (Å²) in [6.07, 6.45) is 9.85. The van der Waals surface area contributed by atoms with Crippen LogP contribution >= 0.6 is 0 Å². The molecule has 0 saturated carbocycles. The number of aromatic nitrogens is 2. The van der Waals surface area contributed by atoms with Crippen LogP contribution in [-0.4, -0.2) is 23.1 Å². The quantitative estimate of drug-likeness (QED) is 0.692. The minimum absolute atomic E-state index is 0.878. The molecule has 77 valence electrons. The summed E-state index contributed by atoms with van der Waals surface area (Å²) in [5.41, 5.74) is 0. The molecule has 1 rings (SSSR count). The molecule has 0 saturated heterocycles. The first-order chi connectivity index (χ1) is 6.88. The minimum atomic E-state index is 0.878. The molecule has 0 atom stereocenters. The summed E-state index contributed by atoms with van der Waals surface area (Å²) >= 11 is 0. The Hall–Kier alpha value is -1.12. The Kier molecular flexibility index (Phi) is 4.97. The predicted molar refractivity (Wildman–Crippen MR) is 58.3 cm³/mol. The van der Waals surface area contributed by atoms with E-state index in [1.807, 2.05) is 0 Å². The molecule has 1 heterocycles. The molecule has 0 bridgehead atoms. The Morgan fingerprint density at radius 2 is 2.07 bits per heavy atom. The van der Waals surface area contributed by atoms with Crippen LogP contribution in [0.15, 0.2) is 12.4 Å². The van der Waals surface area contributed by atoms with Crippen molar-refractivity contribution in [3.8, 4) is 0 Å². The van der Waals surface area contributed by atoms with E-state index < -0.39 is 0 Å². The molecule has 0 aliphatic heterocycles. The lowest BCUT2D eigenvalue weighted by atomic mass is 10.3. The Bertz CT molecular complexity index is 236. The van der Waals surface area contributed by atoms with Crippen LogP contribution < -0.4 is 4.90 Å². The molecule has 1 radical (unpaired) electrons. The second-order valence-corrected chi connectivity index (χ2v) is 3.33. The van der Waals surface area contributed by atoms with E-state index in [1.54, 1.807) is 12.4 Å². The lowest BCUT2D eigenvalue weighted by Crippen LogP contribution is -2.26. The maximum atomic E-state index is 4.26. The third kappa shape index (κ3) is 3.32. The molecule has 0 aliphatic carbocycles. The second kappa shape index (κ2) is 6.35. The number of hydrogen-bond acceptors (Lipinski definition) is 3. The molecule has 3 nitrogen and oxygen atoms in total. The zero-order chi connectivity index (χ0) is 10.2. The average molecular weight is 192 g/mol. The normalized spacial score (nSPS) is 10.1. The van der Waals surface area contributed by atoms with E-state index in [1.165, 1.54) is 12.8 Å². The Morgan fingerprint density at radius 3 is 2.64 bits per heavy atom. The van der Waals surface area contributed by atoms with Gasteiger partial charge in [0, 0.05) is 25.5 Å². The smallest absolute Gasteiger partial charge is 0.156 e. The van der Waals surface area contributed by atoms with E-state index in [-0.39, 0.29) is 0 Å². The molecule has 0 fully saturated rings. The zero-order valence-corrected chi connectivity index (χ0v) is 9.03. The predicted octanol–water partition coefficient (Wildman–Crippen LogP) is 2.29. The van der Waals surface area contributed by atoms with Gasteiger partial charge in [0.25, 0.3) is 0 Å². The van der Waals surface area contributed by atoms with Crippen molar-refractivity contribution in [3.63, 3.8) is 0 Å². The Labute approximate surface area is 86.2 Å². The molecule has 0 amide bonds. The fourth-order valence-electron chi connectivity index (χ4n) is 1.36. The van der Waals surface area contributed by atoms with Gasteiger partial charge in [0.1, 0.15) is 6.20 Å². The molecular formula is C11H18N3. The largest absolute Gasteiger partial charge is 0.355 e. The average Bonchev–Trinajstić information content (AvgIpc) is 2.25. The van der Waals surface area contributed by atoms with Crippen LogP contribution in [0.25, 0.3) is 0 Å². The summed E-state index contributed by atoms with van der Waals surface area (Å²) in [7, 11) is 0. The molecular weight excluding hydrogens is 174 g/mol. The lowest BCUT2D eigenvalue weighted by Gasteiger charge is -2.21. The van der Waals surface area contributed by atoms with Gasteiger partial charge in [-0.05, 0) is 12.8 Å². The van der Waals surface area contributed by atoms with Crippen molar-refractivity contribution in [1.82, 2.24) is 9.97 Å². The molecule has 0 N–H and O–H groups in total. The van der Waals surface area contributed by atoms with Gasteiger partial charge in [-0.25, -0.2) is 9.97 Å². The summed E-state index contributed by atoms with van der Waals surface area (Å²) in [5.74, 6) is 0.878. The van der Waals surface area contributed by atoms with Gasteiger partial charge >= 0.3 is 0 Å². The number of hydrogen-bond donors (Lipinski definition) is 0. The van der Waals surface area contributed by atoms with Crippen LogP contribution in [0.5, 0.6) is 0 Å². The first-order valence-corrected chi connectivity index (χ1v) is 5.32. The van der Waals surface area contributed by atoms with Crippen molar-refractivity contribution < 1.29 is 0 Å². The second-order valence-electron chi connectivity index (χ2n) is 3.33. The standard InChI is InChI=1S/C11H18N3/c1-3-5-9-14(8-4-2)11-10-12-6-7-13-11/h6-7H,3-5,8-9H2,1-2H3. The topological polar surface area (TPSA) is 29.0 Å². The third-order valence-electron chi connectivity index (χ3n) is 2.08. The number of nitrogens with zero attached hydrogens (tertiary/aromatic N) is 3. The molecule has 0 aliphatic rings. The first-order valence-electron chi connectivity index (χ1n) is 5.32. The van der Waals surface area contributed by atoms with E-state index >= 15 is 0 Å². The van der Waals surface area contributed by atoms with Gasteiger partial charge in [-0.15, -0.1) is 0 Å². The molecule has 0 aromatic carbocycles. The zero-order valence-electron chi connectivity index (χ0n) is 9.03. The van der Waals surface area contributed by atoms with Crippen LogP contribution in [0.3, 0.4) is 0 Å². The fourth-order valence-corrected chi connectivity index (χ4v) is 1.36. The maximum Gasteiger partial charge on any atom is 0.156 e. The van der Waals surface area contributed by atoms with Crippen molar-refractivity contribution in [2.24, 2.45) is 0 Å². The van der Waals surface area contributed by atoms with Crippen LogP contribution in [0.4, 0.5) is 5.82 Å². The highest BCUT2D eigenvalue weighted by atomic mass is 15.2. The summed E-state index contributed by atoms with van der Waals surface area (Å²) < 4.78 is 0. The molecule has 0 spiro atoms. The van der Waals surface area contributed by atoms with Crippen LogP contribution in [-0.2, 0) is 0 Å². The SMILES string of the molecule is CCCCN(CCC)c1[c]nccn1. The van der Waals surface area contributed by atoms with Crippen molar-refractivity contribution >= 4 is 5.82 Å². The molecule has 14 heavy (non-hydrogen) atoms. The highest BCUT2D eigenvalue weighted by Gasteiger charge is 2.05. The minimum Gasteiger partial charge on any atom is -0.355 e. The monoisotopic (exact) mass is 192 g/mol. The Balaban J connectivity index is 2.58. The van der Waals surface area contributed by atoms with E-state index in [4.69, 9.17) is 0 Å². The summed E-state index contributed by atoms with van der Waals surface area (Å²) in [4.78, 5) is 10.5.